The molecule has 1 amide bonds. The van der Waals surface area contributed by atoms with Gasteiger partial charge in [-0.15, -0.1) is 0 Å². The van der Waals surface area contributed by atoms with E-state index in [4.69, 9.17) is 27.9 Å². The van der Waals surface area contributed by atoms with Crippen molar-refractivity contribution in [2.24, 2.45) is 5.10 Å². The molecule has 0 aliphatic carbocycles. The van der Waals surface area contributed by atoms with Crippen LogP contribution >= 0.6 is 23.2 Å². The van der Waals surface area contributed by atoms with E-state index in [1.807, 2.05) is 42.5 Å². The van der Waals surface area contributed by atoms with Crippen LogP contribution in [0.3, 0.4) is 0 Å². The standard InChI is InChI=1S/C23H16Cl2N4O2/c24-17-9-7-16(19(25)12-17)13-27-29-22(30)14-31-21-6-2-1-5-18(21)20-10-8-15-4-3-11-26-23(15)28-20/h1-13H,14H2,(H,29,30)/b27-13+. The summed E-state index contributed by atoms with van der Waals surface area (Å²) in [6.45, 7) is -0.214. The lowest BCUT2D eigenvalue weighted by molar-refractivity contribution is -0.123. The number of fused-ring (bicyclic) bond motifs is 1. The van der Waals surface area contributed by atoms with Gasteiger partial charge in [0.1, 0.15) is 5.75 Å². The highest BCUT2D eigenvalue weighted by atomic mass is 35.5. The summed E-state index contributed by atoms with van der Waals surface area (Å²) in [7, 11) is 0. The molecule has 31 heavy (non-hydrogen) atoms. The minimum absolute atomic E-state index is 0.214. The van der Waals surface area contributed by atoms with Crippen molar-refractivity contribution in [1.82, 2.24) is 15.4 Å². The summed E-state index contributed by atoms with van der Waals surface area (Å²) in [6.07, 6.45) is 3.14. The average Bonchev–Trinajstić information content (AvgIpc) is 2.79. The molecule has 0 fully saturated rings. The Kier molecular flexibility index (Phi) is 6.40. The number of halogens is 2. The third-order valence-electron chi connectivity index (χ3n) is 4.34. The minimum atomic E-state index is -0.413. The summed E-state index contributed by atoms with van der Waals surface area (Å²) < 4.78 is 5.72. The lowest BCUT2D eigenvalue weighted by atomic mass is 10.1. The number of hydrogen-bond donors (Lipinski definition) is 1. The van der Waals surface area contributed by atoms with Gasteiger partial charge in [0.05, 0.1) is 16.9 Å². The van der Waals surface area contributed by atoms with Crippen LogP contribution in [-0.4, -0.2) is 28.7 Å². The Morgan fingerprint density at radius 3 is 2.81 bits per heavy atom. The Morgan fingerprint density at radius 1 is 1.06 bits per heavy atom. The van der Waals surface area contributed by atoms with Crippen molar-refractivity contribution >= 4 is 46.4 Å². The van der Waals surface area contributed by atoms with Crippen LogP contribution in [-0.2, 0) is 4.79 Å². The number of rotatable bonds is 6. The lowest BCUT2D eigenvalue weighted by Gasteiger charge is -2.11. The van der Waals surface area contributed by atoms with E-state index in [9.17, 15) is 4.79 Å². The number of amides is 1. The number of benzene rings is 2. The van der Waals surface area contributed by atoms with Gasteiger partial charge in [-0.2, -0.15) is 5.10 Å². The monoisotopic (exact) mass is 450 g/mol. The first-order valence-corrected chi connectivity index (χ1v) is 10.1. The van der Waals surface area contributed by atoms with E-state index >= 15 is 0 Å². The number of para-hydroxylation sites is 1. The third-order valence-corrected chi connectivity index (χ3v) is 4.90. The van der Waals surface area contributed by atoms with Crippen molar-refractivity contribution < 1.29 is 9.53 Å². The van der Waals surface area contributed by atoms with Gasteiger partial charge >= 0.3 is 0 Å². The van der Waals surface area contributed by atoms with Crippen LogP contribution in [0.25, 0.3) is 22.3 Å². The Morgan fingerprint density at radius 2 is 1.94 bits per heavy atom. The van der Waals surface area contributed by atoms with Crippen molar-refractivity contribution in [2.45, 2.75) is 0 Å². The van der Waals surface area contributed by atoms with Gasteiger partial charge in [-0.1, -0.05) is 41.4 Å². The Balaban J connectivity index is 1.43. The normalized spacial score (nSPS) is 11.0. The van der Waals surface area contributed by atoms with E-state index < -0.39 is 5.91 Å². The maximum absolute atomic E-state index is 12.1. The largest absolute Gasteiger partial charge is 0.483 e. The molecule has 8 heteroatoms. The lowest BCUT2D eigenvalue weighted by Crippen LogP contribution is -2.24. The van der Waals surface area contributed by atoms with Crippen molar-refractivity contribution in [2.75, 3.05) is 6.61 Å². The van der Waals surface area contributed by atoms with Crippen LogP contribution in [0.2, 0.25) is 10.0 Å². The van der Waals surface area contributed by atoms with Gasteiger partial charge in [-0.25, -0.2) is 15.4 Å². The van der Waals surface area contributed by atoms with Crippen LogP contribution in [0.4, 0.5) is 0 Å². The number of carbonyl (C=O) groups is 1. The van der Waals surface area contributed by atoms with Gasteiger partial charge in [0.25, 0.3) is 5.91 Å². The molecule has 154 valence electrons. The van der Waals surface area contributed by atoms with Crippen LogP contribution < -0.4 is 10.2 Å². The SMILES string of the molecule is O=C(COc1ccccc1-c1ccc2cccnc2n1)N/N=C/c1ccc(Cl)cc1Cl. The molecule has 0 atom stereocenters. The van der Waals surface area contributed by atoms with Crippen molar-refractivity contribution in [1.29, 1.82) is 0 Å². The van der Waals surface area contributed by atoms with Gasteiger partial charge in [-0.3, -0.25) is 4.79 Å². The summed E-state index contributed by atoms with van der Waals surface area (Å²) >= 11 is 11.9. The predicted molar refractivity (Wildman–Crippen MR) is 123 cm³/mol. The first-order valence-electron chi connectivity index (χ1n) is 9.31. The van der Waals surface area contributed by atoms with E-state index in [0.29, 0.717) is 32.7 Å². The molecular formula is C23H16Cl2N4O2. The molecule has 0 radical (unpaired) electrons. The molecule has 6 nitrogen and oxygen atoms in total. The summed E-state index contributed by atoms with van der Waals surface area (Å²) in [5, 5.41) is 5.81. The number of nitrogens with zero attached hydrogens (tertiary/aromatic N) is 3. The van der Waals surface area contributed by atoms with E-state index in [2.05, 4.69) is 20.5 Å². The van der Waals surface area contributed by atoms with Gasteiger partial charge in [0.15, 0.2) is 12.3 Å². The summed E-state index contributed by atoms with van der Waals surface area (Å²) in [4.78, 5) is 21.0. The predicted octanol–water partition coefficient (Wildman–Crippen LogP) is 5.13. The quantitative estimate of drug-likeness (QED) is 0.326. The van der Waals surface area contributed by atoms with Crippen LogP contribution in [0, 0.1) is 0 Å². The number of nitrogens with one attached hydrogen (secondary N) is 1. The molecule has 2 aromatic heterocycles. The molecule has 0 bridgehead atoms. The molecule has 0 aliphatic rings. The molecule has 0 spiro atoms. The highest BCUT2D eigenvalue weighted by molar-refractivity contribution is 6.36. The second-order valence-electron chi connectivity index (χ2n) is 6.49. The Bertz CT molecular complexity index is 1280. The van der Waals surface area contributed by atoms with Crippen molar-refractivity contribution in [3.8, 4) is 17.0 Å². The van der Waals surface area contributed by atoms with Gasteiger partial charge in [0, 0.05) is 27.7 Å². The number of hydrazone groups is 1. The summed E-state index contributed by atoms with van der Waals surface area (Å²) in [6, 6.07) is 20.0. The molecule has 2 aromatic carbocycles. The smallest absolute Gasteiger partial charge is 0.277 e. The highest BCUT2D eigenvalue weighted by Crippen LogP contribution is 2.29. The molecule has 0 aliphatic heterocycles. The number of aromatic nitrogens is 2. The number of carbonyl (C=O) groups excluding carboxylic acids is 1. The molecule has 0 saturated carbocycles. The molecular weight excluding hydrogens is 435 g/mol. The van der Waals surface area contributed by atoms with Crippen LogP contribution in [0.5, 0.6) is 5.75 Å². The number of ether oxygens (including phenoxy) is 1. The van der Waals surface area contributed by atoms with E-state index in [1.165, 1.54) is 6.21 Å². The second kappa shape index (κ2) is 9.55. The fourth-order valence-electron chi connectivity index (χ4n) is 2.86. The van der Waals surface area contributed by atoms with Crippen molar-refractivity contribution in [3.63, 3.8) is 0 Å². The van der Waals surface area contributed by atoms with E-state index in [-0.39, 0.29) is 6.61 Å². The molecule has 0 unspecified atom stereocenters. The zero-order valence-corrected chi connectivity index (χ0v) is 17.6. The maximum atomic E-state index is 12.1. The van der Waals surface area contributed by atoms with E-state index in [0.717, 1.165) is 10.9 Å². The third kappa shape index (κ3) is 5.17. The second-order valence-corrected chi connectivity index (χ2v) is 7.33. The first kappa shape index (κ1) is 20.8. The fourth-order valence-corrected chi connectivity index (χ4v) is 3.32. The molecule has 0 saturated heterocycles. The summed E-state index contributed by atoms with van der Waals surface area (Å²) in [5.41, 5.74) is 5.16. The van der Waals surface area contributed by atoms with Gasteiger partial charge in [0.2, 0.25) is 0 Å². The van der Waals surface area contributed by atoms with Crippen LogP contribution in [0.1, 0.15) is 5.56 Å². The van der Waals surface area contributed by atoms with Gasteiger partial charge in [-0.05, 0) is 48.5 Å². The van der Waals surface area contributed by atoms with E-state index in [1.54, 1.807) is 30.5 Å². The zero-order valence-electron chi connectivity index (χ0n) is 16.1. The molecule has 1 N–H and O–H groups in total. The molecule has 2 heterocycles. The maximum Gasteiger partial charge on any atom is 0.277 e. The Labute approximate surface area is 188 Å². The molecule has 4 aromatic rings. The highest BCUT2D eigenvalue weighted by Gasteiger charge is 2.10. The Hall–Kier alpha value is -3.48. The topological polar surface area (TPSA) is 76.5 Å². The minimum Gasteiger partial charge on any atom is -0.483 e. The number of hydrogen-bond acceptors (Lipinski definition) is 5. The average molecular weight is 451 g/mol. The van der Waals surface area contributed by atoms with Gasteiger partial charge < -0.3 is 4.74 Å². The first-order chi connectivity index (χ1) is 15.1. The van der Waals surface area contributed by atoms with Crippen molar-refractivity contribution in [3.05, 3.63) is 88.5 Å². The van der Waals surface area contributed by atoms with Crippen LogP contribution in [0.15, 0.2) is 78.0 Å². The number of pyridine rings is 2. The summed E-state index contributed by atoms with van der Waals surface area (Å²) in [5.74, 6) is 0.120. The molecule has 4 rings (SSSR count). The fraction of sp³-hybridized carbons (Fsp3) is 0.0435. The zero-order chi connectivity index (χ0) is 21.6.